The van der Waals surface area contributed by atoms with Crippen molar-refractivity contribution in [2.24, 2.45) is 0 Å². The van der Waals surface area contributed by atoms with E-state index in [2.05, 4.69) is 5.32 Å². The van der Waals surface area contributed by atoms with Crippen LogP contribution >= 0.6 is 11.6 Å². The molecule has 0 spiro atoms. The minimum atomic E-state index is -0.793. The highest BCUT2D eigenvalue weighted by Gasteiger charge is 2.24. The number of benzene rings is 2. The van der Waals surface area contributed by atoms with Crippen LogP contribution in [0.4, 0.5) is 11.4 Å². The smallest absolute Gasteiger partial charge is 0.263 e. The molecule has 0 fully saturated rings. The first-order chi connectivity index (χ1) is 10.5. The van der Waals surface area contributed by atoms with Crippen LogP contribution in [-0.4, -0.2) is 10.8 Å². The molecular formula is C15H8ClN2O4-. The van der Waals surface area contributed by atoms with Gasteiger partial charge in [-0.25, -0.2) is 0 Å². The maximum atomic E-state index is 12.1. The van der Waals surface area contributed by atoms with E-state index in [1.807, 2.05) is 0 Å². The van der Waals surface area contributed by atoms with Gasteiger partial charge < -0.3 is 10.4 Å². The van der Waals surface area contributed by atoms with Crippen LogP contribution in [-0.2, 0) is 4.79 Å². The number of carbonyl (C=O) groups excluding carboxylic acids is 1. The molecule has 110 valence electrons. The van der Waals surface area contributed by atoms with Gasteiger partial charge in [-0.15, -0.1) is 0 Å². The van der Waals surface area contributed by atoms with Gasteiger partial charge in [-0.3, -0.25) is 14.9 Å². The zero-order chi connectivity index (χ0) is 15.9. The van der Waals surface area contributed by atoms with Crippen LogP contribution in [0.5, 0.6) is 5.75 Å². The number of carbonyl (C=O) groups is 1. The van der Waals surface area contributed by atoms with Gasteiger partial charge in [0.1, 0.15) is 0 Å². The second-order valence-corrected chi connectivity index (χ2v) is 5.09. The van der Waals surface area contributed by atoms with E-state index in [4.69, 9.17) is 11.6 Å². The van der Waals surface area contributed by atoms with Crippen LogP contribution in [0.2, 0.25) is 5.02 Å². The number of hydrogen-bond acceptors (Lipinski definition) is 4. The van der Waals surface area contributed by atoms with E-state index >= 15 is 0 Å². The summed E-state index contributed by atoms with van der Waals surface area (Å²) in [7, 11) is 0. The molecule has 1 amide bonds. The Hall–Kier alpha value is -2.86. The largest absolute Gasteiger partial charge is 0.867 e. The first-order valence-electron chi connectivity index (χ1n) is 6.25. The zero-order valence-electron chi connectivity index (χ0n) is 11.0. The molecule has 0 atom stereocenters. The van der Waals surface area contributed by atoms with Crippen molar-refractivity contribution in [3.8, 4) is 5.75 Å². The van der Waals surface area contributed by atoms with E-state index in [9.17, 15) is 20.0 Å². The Balaban J connectivity index is 2.18. The highest BCUT2D eigenvalue weighted by Crippen LogP contribution is 2.37. The summed E-state index contributed by atoms with van der Waals surface area (Å²) in [5.41, 5.74) is 0.911. The predicted molar refractivity (Wildman–Crippen MR) is 80.5 cm³/mol. The molecule has 0 bridgehead atoms. The number of amides is 1. The second-order valence-electron chi connectivity index (χ2n) is 4.66. The Labute approximate surface area is 129 Å². The molecule has 1 aliphatic heterocycles. The number of rotatable bonds is 2. The van der Waals surface area contributed by atoms with Crippen LogP contribution in [0.25, 0.3) is 11.6 Å². The number of nitro benzene ring substituents is 1. The van der Waals surface area contributed by atoms with Crippen molar-refractivity contribution in [1.82, 2.24) is 0 Å². The lowest BCUT2D eigenvalue weighted by atomic mass is 10.0. The molecule has 1 aliphatic rings. The lowest BCUT2D eigenvalue weighted by Crippen LogP contribution is -2.04. The van der Waals surface area contributed by atoms with Gasteiger partial charge in [0.15, 0.2) is 0 Å². The highest BCUT2D eigenvalue weighted by atomic mass is 35.5. The number of nitro groups is 1. The Kier molecular flexibility index (Phi) is 3.30. The molecule has 2 aromatic carbocycles. The van der Waals surface area contributed by atoms with Gasteiger partial charge in [0, 0.05) is 27.9 Å². The van der Waals surface area contributed by atoms with E-state index in [-0.39, 0.29) is 22.1 Å². The highest BCUT2D eigenvalue weighted by molar-refractivity contribution is 6.35. The number of para-hydroxylation sites is 1. The summed E-state index contributed by atoms with van der Waals surface area (Å²) in [5.74, 6) is -1.15. The molecule has 1 N–H and O–H groups in total. The molecular weight excluding hydrogens is 308 g/mol. The second kappa shape index (κ2) is 5.16. The molecule has 0 radical (unpaired) electrons. The van der Waals surface area contributed by atoms with Crippen molar-refractivity contribution in [2.45, 2.75) is 0 Å². The molecule has 0 saturated heterocycles. The van der Waals surface area contributed by atoms with Gasteiger partial charge in [0.05, 0.1) is 4.92 Å². The molecule has 0 unspecified atom stereocenters. The summed E-state index contributed by atoms with van der Waals surface area (Å²) in [6.07, 6.45) is 1.32. The first kappa shape index (κ1) is 14.1. The number of hydrogen-bond donors (Lipinski definition) is 1. The van der Waals surface area contributed by atoms with Gasteiger partial charge in [0.2, 0.25) is 0 Å². The van der Waals surface area contributed by atoms with Crippen molar-refractivity contribution in [3.63, 3.8) is 0 Å². The summed E-state index contributed by atoms with van der Waals surface area (Å²) in [4.78, 5) is 22.1. The first-order valence-corrected chi connectivity index (χ1v) is 6.62. The monoisotopic (exact) mass is 315 g/mol. The average molecular weight is 316 g/mol. The van der Waals surface area contributed by atoms with Crippen LogP contribution in [0.15, 0.2) is 36.4 Å². The fourth-order valence-electron chi connectivity index (χ4n) is 2.28. The van der Waals surface area contributed by atoms with Crippen LogP contribution in [0.3, 0.4) is 0 Å². The third-order valence-corrected chi connectivity index (χ3v) is 3.49. The number of halogens is 1. The van der Waals surface area contributed by atoms with Crippen LogP contribution < -0.4 is 10.4 Å². The average Bonchev–Trinajstić information content (AvgIpc) is 2.78. The van der Waals surface area contributed by atoms with Crippen molar-refractivity contribution in [2.75, 3.05) is 5.32 Å². The Morgan fingerprint density at radius 2 is 1.95 bits per heavy atom. The molecule has 6 nitrogen and oxygen atoms in total. The van der Waals surface area contributed by atoms with Crippen molar-refractivity contribution in [3.05, 3.63) is 62.7 Å². The van der Waals surface area contributed by atoms with E-state index < -0.39 is 16.4 Å². The topological polar surface area (TPSA) is 95.3 Å². The summed E-state index contributed by atoms with van der Waals surface area (Å²) >= 11 is 5.81. The fraction of sp³-hybridized carbons (Fsp3) is 0. The van der Waals surface area contributed by atoms with E-state index in [1.165, 1.54) is 12.1 Å². The van der Waals surface area contributed by atoms with Crippen LogP contribution in [0.1, 0.15) is 11.1 Å². The summed E-state index contributed by atoms with van der Waals surface area (Å²) < 4.78 is 0. The molecule has 22 heavy (non-hydrogen) atoms. The summed E-state index contributed by atoms with van der Waals surface area (Å²) in [6, 6.07) is 9.28. The van der Waals surface area contributed by atoms with Gasteiger partial charge in [-0.2, -0.15) is 0 Å². The normalized spacial score (nSPS) is 14.8. The van der Waals surface area contributed by atoms with Gasteiger partial charge in [-0.1, -0.05) is 29.8 Å². The number of nitrogens with zero attached hydrogens (tertiary/aromatic N) is 1. The maximum Gasteiger partial charge on any atom is 0.263 e. The number of fused-ring (bicyclic) bond motifs is 1. The van der Waals surface area contributed by atoms with Gasteiger partial charge in [-0.05, 0) is 29.5 Å². The summed E-state index contributed by atoms with van der Waals surface area (Å²) in [6.45, 7) is 0. The lowest BCUT2D eigenvalue weighted by Gasteiger charge is -2.12. The molecule has 3 rings (SSSR count). The van der Waals surface area contributed by atoms with E-state index in [1.54, 1.807) is 24.3 Å². The predicted octanol–water partition coefficient (Wildman–Crippen LogP) is 2.81. The third-order valence-electron chi connectivity index (χ3n) is 3.27. The Morgan fingerprint density at radius 1 is 1.23 bits per heavy atom. The number of anilines is 1. The standard InChI is InChI=1S/C15H9ClN2O4/c16-9-5-8(14(19)13(7-9)18(21)22)6-11-10-3-1-2-4-12(10)17-15(11)20/h1-7,19H,(H,17,20)/p-1/b11-6+. The van der Waals surface area contributed by atoms with Crippen molar-refractivity contribution in [1.29, 1.82) is 0 Å². The molecule has 7 heteroatoms. The molecule has 0 aromatic heterocycles. The van der Waals surface area contributed by atoms with Crippen molar-refractivity contribution < 1.29 is 14.8 Å². The lowest BCUT2D eigenvalue weighted by molar-refractivity contribution is -0.398. The molecule has 1 heterocycles. The minimum Gasteiger partial charge on any atom is -0.867 e. The quantitative estimate of drug-likeness (QED) is 0.523. The molecule has 2 aromatic rings. The third kappa shape index (κ3) is 2.29. The number of nitrogens with one attached hydrogen (secondary N) is 1. The SMILES string of the molecule is O=C1Nc2ccccc2/C1=C\c1cc(Cl)cc([N+](=O)[O-])c1[O-]. The van der Waals surface area contributed by atoms with E-state index in [0.717, 1.165) is 6.07 Å². The Bertz CT molecular complexity index is 845. The zero-order valence-corrected chi connectivity index (χ0v) is 11.8. The molecule has 0 saturated carbocycles. The fourth-order valence-corrected chi connectivity index (χ4v) is 2.50. The maximum absolute atomic E-state index is 12.1. The van der Waals surface area contributed by atoms with Crippen LogP contribution in [0, 0.1) is 10.1 Å². The summed E-state index contributed by atoms with van der Waals surface area (Å²) in [5, 5.41) is 25.7. The Morgan fingerprint density at radius 3 is 2.68 bits per heavy atom. The molecule has 0 aliphatic carbocycles. The van der Waals surface area contributed by atoms with E-state index in [0.29, 0.717) is 11.3 Å². The minimum absolute atomic E-state index is 0.000975. The van der Waals surface area contributed by atoms with Crippen molar-refractivity contribution >= 4 is 40.5 Å². The van der Waals surface area contributed by atoms with Gasteiger partial charge >= 0.3 is 0 Å². The van der Waals surface area contributed by atoms with Gasteiger partial charge in [0.25, 0.3) is 11.6 Å².